The summed E-state index contributed by atoms with van der Waals surface area (Å²) >= 11 is 4.48. The number of rotatable bonds is 2. The maximum Gasteiger partial charge on any atom is 0.708 e. The molecule has 1 aromatic rings. The minimum atomic E-state index is -1.73. The molecule has 0 aromatic carbocycles. The molecule has 0 unspecified atom stereocenters. The van der Waals surface area contributed by atoms with Crippen molar-refractivity contribution in [3.63, 3.8) is 0 Å². The summed E-state index contributed by atoms with van der Waals surface area (Å²) in [6.07, 6.45) is 0. The van der Waals surface area contributed by atoms with Crippen LogP contribution in [0.3, 0.4) is 0 Å². The molecule has 0 aliphatic rings. The molecule has 54 valence electrons. The van der Waals surface area contributed by atoms with Gasteiger partial charge in [0, 0.05) is 15.9 Å². The van der Waals surface area contributed by atoms with Crippen LogP contribution >= 0.6 is 27.3 Å². The third kappa shape index (κ3) is 2.30. The zero-order valence-electron chi connectivity index (χ0n) is 4.82. The molecule has 2 N–H and O–H groups in total. The van der Waals surface area contributed by atoms with Crippen molar-refractivity contribution in [1.29, 1.82) is 0 Å². The monoisotopic (exact) mass is 222 g/mol. The molecule has 0 radical (unpaired) electrons. The van der Waals surface area contributed by atoms with E-state index in [0.717, 1.165) is 4.47 Å². The molecule has 3 nitrogen and oxygen atoms in total. The Morgan fingerprint density at radius 1 is 1.60 bits per heavy atom. The predicted molar refractivity (Wildman–Crippen MR) is 42.8 cm³/mol. The van der Waals surface area contributed by atoms with Crippen LogP contribution in [0, 0.1) is 0 Å². The first-order valence-electron chi connectivity index (χ1n) is 2.45. The molecule has 0 bridgehead atoms. The van der Waals surface area contributed by atoms with Gasteiger partial charge < -0.3 is 14.7 Å². The van der Waals surface area contributed by atoms with Gasteiger partial charge in [-0.1, -0.05) is 0 Å². The van der Waals surface area contributed by atoms with Crippen LogP contribution < -0.4 is 4.65 Å². The van der Waals surface area contributed by atoms with Gasteiger partial charge in [0.25, 0.3) is 0 Å². The third-order valence-corrected chi connectivity index (χ3v) is 2.34. The summed E-state index contributed by atoms with van der Waals surface area (Å²) in [6, 6.07) is 1.66. The second-order valence-corrected chi connectivity index (χ2v) is 3.32. The molecule has 6 heteroatoms. The summed E-state index contributed by atoms with van der Waals surface area (Å²) in [4.78, 5) is 0. The van der Waals surface area contributed by atoms with Crippen LogP contribution in [0.25, 0.3) is 0 Å². The van der Waals surface area contributed by atoms with E-state index in [1.54, 1.807) is 11.4 Å². The van der Waals surface area contributed by atoms with Gasteiger partial charge in [-0.2, -0.15) is 0 Å². The maximum atomic E-state index is 8.34. The smallest absolute Gasteiger partial charge is 0.504 e. The Morgan fingerprint density at radius 3 is 2.70 bits per heavy atom. The summed E-state index contributed by atoms with van der Waals surface area (Å²) in [6.45, 7) is 0. The van der Waals surface area contributed by atoms with Gasteiger partial charge >= 0.3 is 7.32 Å². The van der Waals surface area contributed by atoms with E-state index < -0.39 is 7.32 Å². The third-order valence-electron chi connectivity index (χ3n) is 0.765. The lowest BCUT2D eigenvalue weighted by atomic mass is 10.3. The summed E-state index contributed by atoms with van der Waals surface area (Å²) in [5, 5.41) is 18.9. The van der Waals surface area contributed by atoms with Crippen molar-refractivity contribution in [2.24, 2.45) is 0 Å². The Hall–Kier alpha value is -0.0351. The molecule has 10 heavy (non-hydrogen) atoms. The van der Waals surface area contributed by atoms with E-state index in [0.29, 0.717) is 5.06 Å². The average Bonchev–Trinajstić information content (AvgIpc) is 2.13. The van der Waals surface area contributed by atoms with Crippen molar-refractivity contribution in [2.45, 2.75) is 0 Å². The lowest BCUT2D eigenvalue weighted by molar-refractivity contribution is 0.291. The molecule has 0 atom stereocenters. The molecular formula is C4H4BBrO3S. The molecule has 0 spiro atoms. The van der Waals surface area contributed by atoms with Crippen LogP contribution in [0.15, 0.2) is 15.9 Å². The van der Waals surface area contributed by atoms with Crippen LogP contribution in [0.1, 0.15) is 0 Å². The van der Waals surface area contributed by atoms with Crippen LogP contribution in [-0.2, 0) is 0 Å². The van der Waals surface area contributed by atoms with E-state index in [9.17, 15) is 0 Å². The number of halogens is 1. The fraction of sp³-hybridized carbons (Fsp3) is 0. The van der Waals surface area contributed by atoms with Crippen molar-refractivity contribution in [3.05, 3.63) is 15.9 Å². The highest BCUT2D eigenvalue weighted by Crippen LogP contribution is 2.26. The maximum absolute atomic E-state index is 8.34. The summed E-state index contributed by atoms with van der Waals surface area (Å²) in [5.41, 5.74) is 0. The Bertz CT molecular complexity index is 214. The first-order valence-corrected chi connectivity index (χ1v) is 4.12. The normalized spacial score (nSPS) is 9.50. The van der Waals surface area contributed by atoms with E-state index in [-0.39, 0.29) is 0 Å². The zero-order chi connectivity index (χ0) is 7.56. The molecule has 0 saturated heterocycles. The molecule has 0 saturated carbocycles. The Labute approximate surface area is 70.6 Å². The minimum absolute atomic E-state index is 0.474. The molecule has 1 aromatic heterocycles. The molecule has 0 fully saturated rings. The van der Waals surface area contributed by atoms with Crippen molar-refractivity contribution in [1.82, 2.24) is 0 Å². The molecular weight excluding hydrogens is 219 g/mol. The van der Waals surface area contributed by atoms with Gasteiger partial charge in [0.1, 0.15) is 0 Å². The molecule has 0 aliphatic carbocycles. The first kappa shape index (κ1) is 8.07. The van der Waals surface area contributed by atoms with Gasteiger partial charge in [-0.05, 0) is 15.9 Å². The molecule has 0 amide bonds. The quantitative estimate of drug-likeness (QED) is 0.730. The van der Waals surface area contributed by atoms with E-state index in [1.807, 2.05) is 0 Å². The van der Waals surface area contributed by atoms with E-state index in [2.05, 4.69) is 20.6 Å². The van der Waals surface area contributed by atoms with Crippen LogP contribution in [0.5, 0.6) is 5.06 Å². The Balaban J connectivity index is 2.58. The summed E-state index contributed by atoms with van der Waals surface area (Å²) < 4.78 is 5.40. The second-order valence-electron chi connectivity index (χ2n) is 1.53. The van der Waals surface area contributed by atoms with Crippen molar-refractivity contribution >= 4 is 34.6 Å². The first-order chi connectivity index (χ1) is 4.68. The number of thiophene rings is 1. The van der Waals surface area contributed by atoms with Gasteiger partial charge in [-0.25, -0.2) is 0 Å². The van der Waals surface area contributed by atoms with Crippen molar-refractivity contribution in [3.8, 4) is 5.06 Å². The SMILES string of the molecule is OB(O)Oc1cc(Br)cs1. The number of hydrogen-bond acceptors (Lipinski definition) is 4. The molecule has 0 aliphatic heterocycles. The van der Waals surface area contributed by atoms with E-state index in [4.69, 9.17) is 10.0 Å². The Kier molecular flexibility index (Phi) is 2.73. The summed E-state index contributed by atoms with van der Waals surface area (Å²) in [5.74, 6) is 0. The van der Waals surface area contributed by atoms with Crippen LogP contribution in [0.2, 0.25) is 0 Å². The zero-order valence-corrected chi connectivity index (χ0v) is 7.22. The predicted octanol–water partition coefficient (Wildman–Crippen LogP) is 0.859. The molecule has 1 rings (SSSR count). The Morgan fingerprint density at radius 2 is 2.30 bits per heavy atom. The van der Waals surface area contributed by atoms with Gasteiger partial charge in [-0.15, -0.1) is 11.3 Å². The highest BCUT2D eigenvalue weighted by atomic mass is 79.9. The highest BCUT2D eigenvalue weighted by Gasteiger charge is 2.11. The van der Waals surface area contributed by atoms with Crippen molar-refractivity contribution < 1.29 is 14.7 Å². The van der Waals surface area contributed by atoms with E-state index >= 15 is 0 Å². The number of hydrogen-bond donors (Lipinski definition) is 2. The lowest BCUT2D eigenvalue weighted by Gasteiger charge is -1.97. The topological polar surface area (TPSA) is 49.7 Å². The summed E-state index contributed by atoms with van der Waals surface area (Å²) in [7, 11) is -1.73. The average molecular weight is 223 g/mol. The lowest BCUT2D eigenvalue weighted by Crippen LogP contribution is -2.19. The van der Waals surface area contributed by atoms with Gasteiger partial charge in [0.2, 0.25) is 0 Å². The minimum Gasteiger partial charge on any atom is -0.504 e. The highest BCUT2D eigenvalue weighted by molar-refractivity contribution is 9.10. The van der Waals surface area contributed by atoms with Crippen LogP contribution in [-0.4, -0.2) is 17.4 Å². The van der Waals surface area contributed by atoms with E-state index in [1.165, 1.54) is 11.3 Å². The van der Waals surface area contributed by atoms with Gasteiger partial charge in [-0.3, -0.25) is 0 Å². The standard InChI is InChI=1S/C4H4BBrO3S/c6-3-1-4(10-2-3)9-5(7)8/h1-2,7-8H. The molecule has 1 heterocycles. The van der Waals surface area contributed by atoms with Gasteiger partial charge in [0.05, 0.1) is 0 Å². The van der Waals surface area contributed by atoms with Crippen molar-refractivity contribution in [2.75, 3.05) is 0 Å². The fourth-order valence-corrected chi connectivity index (χ4v) is 1.73. The van der Waals surface area contributed by atoms with Crippen LogP contribution in [0.4, 0.5) is 0 Å². The van der Waals surface area contributed by atoms with Gasteiger partial charge in [0.15, 0.2) is 5.06 Å². The second kappa shape index (κ2) is 3.38. The largest absolute Gasteiger partial charge is 0.708 e. The fourth-order valence-electron chi connectivity index (χ4n) is 0.461.